The normalized spacial score (nSPS) is 16.4. The van der Waals surface area contributed by atoms with Crippen molar-refractivity contribution in [1.82, 2.24) is 5.32 Å². The van der Waals surface area contributed by atoms with Gasteiger partial charge >= 0.3 is 5.51 Å². The Morgan fingerprint density at radius 3 is 2.44 bits per heavy atom. The highest BCUT2D eigenvalue weighted by Gasteiger charge is 2.46. The highest BCUT2D eigenvalue weighted by atomic mass is 32.2. The van der Waals surface area contributed by atoms with Gasteiger partial charge < -0.3 is 15.8 Å². The van der Waals surface area contributed by atoms with Gasteiger partial charge in [0.15, 0.2) is 5.96 Å². The summed E-state index contributed by atoms with van der Waals surface area (Å²) in [6, 6.07) is 4.07. The maximum atomic E-state index is 12.4. The number of nitrogens with two attached hydrogens (primary N) is 1. The number of aliphatic imine (C=N–C) groups is 1. The minimum Gasteiger partial charge on any atom is -0.492 e. The number of benzene rings is 1. The first-order valence-electron chi connectivity index (χ1n) is 7.78. The van der Waals surface area contributed by atoms with Crippen LogP contribution in [0, 0.1) is 5.92 Å². The van der Waals surface area contributed by atoms with Gasteiger partial charge in [-0.25, -0.2) is 8.42 Å². The summed E-state index contributed by atoms with van der Waals surface area (Å²) in [5, 5.41) is 2.87. The van der Waals surface area contributed by atoms with Gasteiger partial charge in [0.1, 0.15) is 12.4 Å². The van der Waals surface area contributed by atoms with E-state index in [9.17, 15) is 21.6 Å². The lowest BCUT2D eigenvalue weighted by Crippen LogP contribution is -2.35. The third-order valence-corrected chi connectivity index (χ3v) is 5.36. The van der Waals surface area contributed by atoms with Crippen LogP contribution in [0.3, 0.4) is 0 Å². The Bertz CT molecular complexity index is 699. The van der Waals surface area contributed by atoms with Crippen LogP contribution in [-0.2, 0) is 9.84 Å². The Balaban J connectivity index is 1.76. The SMILES string of the molecule is NC(=NCC1CCC1)NCCOc1ccc(S(=O)(=O)C(F)(F)F)cc1. The van der Waals surface area contributed by atoms with Crippen molar-refractivity contribution < 1.29 is 26.3 Å². The molecule has 0 unspecified atom stereocenters. The number of sulfone groups is 1. The summed E-state index contributed by atoms with van der Waals surface area (Å²) < 4.78 is 65.1. The minimum absolute atomic E-state index is 0.199. The molecule has 6 nitrogen and oxygen atoms in total. The lowest BCUT2D eigenvalue weighted by atomic mass is 9.86. The smallest absolute Gasteiger partial charge is 0.492 e. The number of hydrogen-bond donors (Lipinski definition) is 2. The molecule has 0 heterocycles. The van der Waals surface area contributed by atoms with E-state index < -0.39 is 20.2 Å². The average Bonchev–Trinajstić information content (AvgIpc) is 2.49. The van der Waals surface area contributed by atoms with Crippen LogP contribution in [0.2, 0.25) is 0 Å². The molecule has 0 saturated heterocycles. The molecule has 0 atom stereocenters. The summed E-state index contributed by atoms with van der Waals surface area (Å²) in [7, 11) is -5.34. The second kappa shape index (κ2) is 7.94. The largest absolute Gasteiger partial charge is 0.501 e. The molecule has 0 aliphatic heterocycles. The van der Waals surface area contributed by atoms with Crippen LogP contribution < -0.4 is 15.8 Å². The van der Waals surface area contributed by atoms with Crippen molar-refractivity contribution in [2.75, 3.05) is 19.7 Å². The number of nitrogens with zero attached hydrogens (tertiary/aromatic N) is 1. The second-order valence-electron chi connectivity index (χ2n) is 5.72. The van der Waals surface area contributed by atoms with E-state index >= 15 is 0 Å². The van der Waals surface area contributed by atoms with Gasteiger partial charge in [0.05, 0.1) is 11.4 Å². The number of alkyl halides is 3. The van der Waals surface area contributed by atoms with Crippen LogP contribution in [0.25, 0.3) is 0 Å². The fourth-order valence-electron chi connectivity index (χ4n) is 2.16. The van der Waals surface area contributed by atoms with E-state index in [1.165, 1.54) is 31.4 Å². The molecule has 0 bridgehead atoms. The first-order chi connectivity index (χ1) is 11.7. The summed E-state index contributed by atoms with van der Waals surface area (Å²) in [6.45, 7) is 1.27. The highest BCUT2D eigenvalue weighted by Crippen LogP contribution is 2.31. The van der Waals surface area contributed by atoms with Gasteiger partial charge in [0, 0.05) is 6.54 Å². The third-order valence-electron chi connectivity index (χ3n) is 3.86. The summed E-state index contributed by atoms with van der Waals surface area (Å²) in [5.74, 6) is 1.19. The standard InChI is InChI=1S/C15H20F3N3O3S/c16-15(17,18)25(22,23)13-6-4-12(5-7-13)24-9-8-20-14(19)21-10-11-2-1-3-11/h4-7,11H,1-3,8-10H2,(H3,19,20,21). The van der Waals surface area contributed by atoms with Crippen molar-refractivity contribution in [1.29, 1.82) is 0 Å². The summed E-state index contributed by atoms with van der Waals surface area (Å²) in [6.07, 6.45) is 3.60. The maximum absolute atomic E-state index is 12.4. The molecule has 1 aromatic carbocycles. The molecule has 25 heavy (non-hydrogen) atoms. The fourth-order valence-corrected chi connectivity index (χ4v) is 2.92. The number of rotatable bonds is 7. The van der Waals surface area contributed by atoms with Crippen molar-refractivity contribution in [2.45, 2.75) is 29.7 Å². The summed E-state index contributed by atoms with van der Waals surface area (Å²) in [4.78, 5) is 3.39. The van der Waals surface area contributed by atoms with Crippen molar-refractivity contribution >= 4 is 15.8 Å². The van der Waals surface area contributed by atoms with Crippen LogP contribution in [0.4, 0.5) is 13.2 Å². The van der Waals surface area contributed by atoms with Gasteiger partial charge in [-0.3, -0.25) is 4.99 Å². The molecule has 140 valence electrons. The van der Waals surface area contributed by atoms with Gasteiger partial charge in [0.25, 0.3) is 9.84 Å². The van der Waals surface area contributed by atoms with E-state index in [0.717, 1.165) is 12.1 Å². The molecule has 1 aliphatic rings. The van der Waals surface area contributed by atoms with Gasteiger partial charge in [-0.05, 0) is 43.0 Å². The zero-order valence-corrected chi connectivity index (χ0v) is 14.2. The van der Waals surface area contributed by atoms with Gasteiger partial charge in [-0.2, -0.15) is 13.2 Å². The molecular formula is C15H20F3N3O3S. The van der Waals surface area contributed by atoms with Crippen molar-refractivity contribution in [2.24, 2.45) is 16.6 Å². The Kier molecular flexibility index (Phi) is 6.15. The third kappa shape index (κ3) is 5.25. The van der Waals surface area contributed by atoms with Crippen LogP contribution in [0.5, 0.6) is 5.75 Å². The number of ether oxygens (including phenoxy) is 1. The molecule has 0 aromatic heterocycles. The highest BCUT2D eigenvalue weighted by molar-refractivity contribution is 7.92. The van der Waals surface area contributed by atoms with Gasteiger partial charge in [-0.15, -0.1) is 0 Å². The van der Waals surface area contributed by atoms with Crippen LogP contribution in [0.15, 0.2) is 34.2 Å². The number of guanidine groups is 1. The molecule has 0 spiro atoms. The van der Waals surface area contributed by atoms with Crippen LogP contribution >= 0.6 is 0 Å². The molecule has 1 aromatic rings. The molecule has 1 fully saturated rings. The van der Waals surface area contributed by atoms with E-state index in [-0.39, 0.29) is 12.4 Å². The Labute approximate surface area is 144 Å². The maximum Gasteiger partial charge on any atom is 0.501 e. The predicted molar refractivity (Wildman–Crippen MR) is 87.0 cm³/mol. The van der Waals surface area contributed by atoms with Crippen molar-refractivity contribution in [3.8, 4) is 5.75 Å². The summed E-state index contributed by atoms with van der Waals surface area (Å²) >= 11 is 0. The lowest BCUT2D eigenvalue weighted by Gasteiger charge is -2.23. The number of halogens is 3. The van der Waals surface area contributed by atoms with E-state index in [0.29, 0.717) is 25.0 Å². The fraction of sp³-hybridized carbons (Fsp3) is 0.533. The number of nitrogens with one attached hydrogen (secondary N) is 1. The minimum atomic E-state index is -5.34. The molecule has 1 aliphatic carbocycles. The monoisotopic (exact) mass is 379 g/mol. The molecule has 10 heteroatoms. The topological polar surface area (TPSA) is 93.8 Å². The molecule has 0 radical (unpaired) electrons. The van der Waals surface area contributed by atoms with Crippen LogP contribution in [0.1, 0.15) is 19.3 Å². The quantitative estimate of drug-likeness (QED) is 0.430. The Morgan fingerprint density at radius 2 is 1.92 bits per heavy atom. The average molecular weight is 379 g/mol. The first-order valence-corrected chi connectivity index (χ1v) is 9.26. The molecule has 2 rings (SSSR count). The second-order valence-corrected chi connectivity index (χ2v) is 7.66. The number of hydrogen-bond acceptors (Lipinski definition) is 4. The van der Waals surface area contributed by atoms with E-state index in [4.69, 9.17) is 10.5 Å². The summed E-state index contributed by atoms with van der Waals surface area (Å²) in [5.41, 5.74) is 0.375. The predicted octanol–water partition coefficient (Wildman–Crippen LogP) is 2.06. The molecule has 3 N–H and O–H groups in total. The molecule has 0 amide bonds. The van der Waals surface area contributed by atoms with E-state index in [2.05, 4.69) is 10.3 Å². The van der Waals surface area contributed by atoms with Gasteiger partial charge in [-0.1, -0.05) is 6.42 Å². The van der Waals surface area contributed by atoms with Crippen molar-refractivity contribution in [3.05, 3.63) is 24.3 Å². The van der Waals surface area contributed by atoms with Gasteiger partial charge in [0.2, 0.25) is 0 Å². The van der Waals surface area contributed by atoms with E-state index in [1.54, 1.807) is 0 Å². The Hall–Kier alpha value is -1.97. The zero-order chi connectivity index (χ0) is 18.5. The van der Waals surface area contributed by atoms with Crippen molar-refractivity contribution in [3.63, 3.8) is 0 Å². The molecule has 1 saturated carbocycles. The van der Waals surface area contributed by atoms with Crippen LogP contribution in [-0.4, -0.2) is 39.6 Å². The lowest BCUT2D eigenvalue weighted by molar-refractivity contribution is -0.0436. The zero-order valence-electron chi connectivity index (χ0n) is 13.4. The Morgan fingerprint density at radius 1 is 1.28 bits per heavy atom. The molecular weight excluding hydrogens is 359 g/mol. The first kappa shape index (κ1) is 19.4. The van der Waals surface area contributed by atoms with E-state index in [1.807, 2.05) is 0 Å².